The van der Waals surface area contributed by atoms with Gasteiger partial charge in [-0.3, -0.25) is 4.79 Å². The normalized spacial score (nSPS) is 13.2. The maximum atomic E-state index is 12.6. The first-order valence-electron chi connectivity index (χ1n) is 4.67. The number of rotatable bonds is 6. The molecular formula is C9H13F2NO5. The molecule has 0 rings (SSSR count). The van der Waals surface area contributed by atoms with Crippen molar-refractivity contribution in [2.45, 2.75) is 26.4 Å². The zero-order valence-corrected chi connectivity index (χ0v) is 9.61. The van der Waals surface area contributed by atoms with Crippen LogP contribution in [0.4, 0.5) is 8.78 Å². The molecule has 17 heavy (non-hydrogen) atoms. The predicted octanol–water partition coefficient (Wildman–Crippen LogP) is 0.749. The van der Waals surface area contributed by atoms with Gasteiger partial charge in [0.15, 0.2) is 0 Å². The summed E-state index contributed by atoms with van der Waals surface area (Å²) < 4.78 is 34.0. The van der Waals surface area contributed by atoms with Gasteiger partial charge in [0.05, 0.1) is 6.61 Å². The third-order valence-electron chi connectivity index (χ3n) is 1.47. The van der Waals surface area contributed by atoms with Crippen LogP contribution in [-0.2, 0) is 23.9 Å². The summed E-state index contributed by atoms with van der Waals surface area (Å²) in [6.45, 7) is 2.40. The molecule has 0 aromatic heterocycles. The Labute approximate surface area is 96.5 Å². The third kappa shape index (κ3) is 5.23. The molecular weight excluding hydrogens is 240 g/mol. The second-order valence-corrected chi connectivity index (χ2v) is 2.74. The zero-order chi connectivity index (χ0) is 13.4. The first-order valence-corrected chi connectivity index (χ1v) is 4.67. The second kappa shape index (κ2) is 7.53. The third-order valence-corrected chi connectivity index (χ3v) is 1.47. The molecule has 0 aliphatic heterocycles. The summed E-state index contributed by atoms with van der Waals surface area (Å²) >= 11 is 0. The smallest absolute Gasteiger partial charge is 0.360 e. The molecule has 0 amide bonds. The molecule has 0 radical (unpaired) electrons. The molecule has 0 aromatic carbocycles. The highest BCUT2D eigenvalue weighted by Crippen LogP contribution is 2.10. The Morgan fingerprint density at radius 3 is 2.29 bits per heavy atom. The molecule has 98 valence electrons. The molecule has 8 heteroatoms. The number of halogens is 2. The Morgan fingerprint density at radius 2 is 1.94 bits per heavy atom. The number of hydrogen-bond donors (Lipinski definition) is 0. The molecule has 0 aliphatic rings. The van der Waals surface area contributed by atoms with E-state index in [0.29, 0.717) is 0 Å². The SMILES string of the molecule is CCOC(=O)/C(=N\OC)C(OC(C)=O)C(F)F. The Bertz CT molecular complexity index is 306. The number of esters is 2. The number of oxime groups is 1. The van der Waals surface area contributed by atoms with Crippen LogP contribution < -0.4 is 0 Å². The number of carbonyl (C=O) groups excluding carboxylic acids is 2. The van der Waals surface area contributed by atoms with Gasteiger partial charge in [-0.2, -0.15) is 0 Å². The van der Waals surface area contributed by atoms with E-state index < -0.39 is 30.2 Å². The van der Waals surface area contributed by atoms with E-state index >= 15 is 0 Å². The van der Waals surface area contributed by atoms with Crippen molar-refractivity contribution in [3.63, 3.8) is 0 Å². The van der Waals surface area contributed by atoms with E-state index in [4.69, 9.17) is 0 Å². The van der Waals surface area contributed by atoms with Gasteiger partial charge < -0.3 is 14.3 Å². The topological polar surface area (TPSA) is 74.2 Å². The van der Waals surface area contributed by atoms with E-state index in [0.717, 1.165) is 14.0 Å². The van der Waals surface area contributed by atoms with Crippen molar-refractivity contribution in [1.29, 1.82) is 0 Å². The lowest BCUT2D eigenvalue weighted by Gasteiger charge is -2.16. The fraction of sp³-hybridized carbons (Fsp3) is 0.667. The van der Waals surface area contributed by atoms with Crippen LogP contribution in [0.3, 0.4) is 0 Å². The minimum absolute atomic E-state index is 0.0302. The van der Waals surface area contributed by atoms with Crippen LogP contribution in [0.1, 0.15) is 13.8 Å². The second-order valence-electron chi connectivity index (χ2n) is 2.74. The minimum Gasteiger partial charge on any atom is -0.461 e. The van der Waals surface area contributed by atoms with Crippen molar-refractivity contribution in [1.82, 2.24) is 0 Å². The van der Waals surface area contributed by atoms with Crippen molar-refractivity contribution < 1.29 is 32.7 Å². The van der Waals surface area contributed by atoms with E-state index in [1.165, 1.54) is 6.92 Å². The Morgan fingerprint density at radius 1 is 1.35 bits per heavy atom. The number of alkyl halides is 2. The molecule has 0 spiro atoms. The monoisotopic (exact) mass is 253 g/mol. The average molecular weight is 253 g/mol. The van der Waals surface area contributed by atoms with Crippen molar-refractivity contribution in [2.75, 3.05) is 13.7 Å². The van der Waals surface area contributed by atoms with Gasteiger partial charge in [-0.25, -0.2) is 13.6 Å². The van der Waals surface area contributed by atoms with Crippen molar-refractivity contribution in [3.05, 3.63) is 0 Å². The van der Waals surface area contributed by atoms with Crippen LogP contribution in [0.25, 0.3) is 0 Å². The van der Waals surface area contributed by atoms with Gasteiger partial charge in [0, 0.05) is 6.92 Å². The molecule has 1 unspecified atom stereocenters. The molecule has 0 saturated carbocycles. The fourth-order valence-corrected chi connectivity index (χ4v) is 0.914. The molecule has 0 aliphatic carbocycles. The largest absolute Gasteiger partial charge is 0.461 e. The van der Waals surface area contributed by atoms with Crippen LogP contribution in [0.15, 0.2) is 5.16 Å². The number of ether oxygens (including phenoxy) is 2. The van der Waals surface area contributed by atoms with Gasteiger partial charge >= 0.3 is 11.9 Å². The van der Waals surface area contributed by atoms with Crippen LogP contribution in [0.5, 0.6) is 0 Å². The van der Waals surface area contributed by atoms with E-state index in [2.05, 4.69) is 19.5 Å². The van der Waals surface area contributed by atoms with Crippen LogP contribution in [-0.4, -0.2) is 43.9 Å². The van der Waals surface area contributed by atoms with E-state index in [1.54, 1.807) is 0 Å². The van der Waals surface area contributed by atoms with Gasteiger partial charge in [-0.15, -0.1) is 0 Å². The van der Waals surface area contributed by atoms with Gasteiger partial charge in [-0.1, -0.05) is 5.16 Å². The summed E-state index contributed by atoms with van der Waals surface area (Å²) in [4.78, 5) is 26.2. The molecule has 6 nitrogen and oxygen atoms in total. The highest BCUT2D eigenvalue weighted by Gasteiger charge is 2.35. The summed E-state index contributed by atoms with van der Waals surface area (Å²) in [7, 11) is 1.07. The van der Waals surface area contributed by atoms with Crippen molar-refractivity contribution in [2.24, 2.45) is 5.16 Å². The maximum absolute atomic E-state index is 12.6. The summed E-state index contributed by atoms with van der Waals surface area (Å²) in [6, 6.07) is 0. The van der Waals surface area contributed by atoms with Crippen molar-refractivity contribution in [3.8, 4) is 0 Å². The van der Waals surface area contributed by atoms with Crippen LogP contribution in [0.2, 0.25) is 0 Å². The van der Waals surface area contributed by atoms with Gasteiger partial charge in [0.25, 0.3) is 6.43 Å². The molecule has 0 bridgehead atoms. The first-order chi connectivity index (χ1) is 7.93. The molecule has 0 fully saturated rings. The molecule has 0 heterocycles. The van der Waals surface area contributed by atoms with E-state index in [9.17, 15) is 18.4 Å². The summed E-state index contributed by atoms with van der Waals surface area (Å²) in [5.41, 5.74) is -0.792. The van der Waals surface area contributed by atoms with Crippen LogP contribution in [0, 0.1) is 0 Å². The lowest BCUT2D eigenvalue weighted by atomic mass is 10.2. The standard InChI is InChI=1S/C9H13F2NO5/c1-4-16-9(14)6(12-15-3)7(8(10)11)17-5(2)13/h7-8H,4H2,1-3H3/b12-6-. The van der Waals surface area contributed by atoms with Crippen LogP contribution >= 0.6 is 0 Å². The Hall–Kier alpha value is -1.73. The highest BCUT2D eigenvalue weighted by molar-refractivity contribution is 6.38. The average Bonchev–Trinajstić information content (AvgIpc) is 2.22. The Kier molecular flexibility index (Phi) is 6.76. The zero-order valence-electron chi connectivity index (χ0n) is 9.61. The molecule has 0 aromatic rings. The molecule has 0 saturated heterocycles. The quantitative estimate of drug-likeness (QED) is 0.396. The summed E-state index contributed by atoms with van der Waals surface area (Å²) in [5.74, 6) is -2.09. The minimum atomic E-state index is -3.11. The number of hydrogen-bond acceptors (Lipinski definition) is 6. The lowest BCUT2D eigenvalue weighted by molar-refractivity contribution is -0.150. The van der Waals surface area contributed by atoms with Gasteiger partial charge in [0.2, 0.25) is 11.8 Å². The van der Waals surface area contributed by atoms with Gasteiger partial charge in [-0.05, 0) is 6.92 Å². The van der Waals surface area contributed by atoms with E-state index in [1.807, 2.05) is 0 Å². The number of nitrogens with zero attached hydrogens (tertiary/aromatic N) is 1. The highest BCUT2D eigenvalue weighted by atomic mass is 19.3. The maximum Gasteiger partial charge on any atom is 0.360 e. The molecule has 0 N–H and O–H groups in total. The van der Waals surface area contributed by atoms with Gasteiger partial charge in [0.1, 0.15) is 7.11 Å². The fourth-order valence-electron chi connectivity index (χ4n) is 0.914. The predicted molar refractivity (Wildman–Crippen MR) is 52.6 cm³/mol. The number of carbonyl (C=O) groups is 2. The van der Waals surface area contributed by atoms with E-state index in [-0.39, 0.29) is 6.61 Å². The first kappa shape index (κ1) is 15.3. The van der Waals surface area contributed by atoms with Crippen molar-refractivity contribution >= 4 is 17.7 Å². The molecule has 1 atom stereocenters. The lowest BCUT2D eigenvalue weighted by Crippen LogP contribution is -2.39. The summed E-state index contributed by atoms with van der Waals surface area (Å²) in [6.07, 6.45) is -5.22. The Balaban J connectivity index is 5.03. The summed E-state index contributed by atoms with van der Waals surface area (Å²) in [5, 5.41) is 3.10.